The zero-order valence-electron chi connectivity index (χ0n) is 11.9. The van der Waals surface area contributed by atoms with Gasteiger partial charge in [0, 0.05) is 24.0 Å². The summed E-state index contributed by atoms with van der Waals surface area (Å²) in [6.45, 7) is 0.883. The fourth-order valence-electron chi connectivity index (χ4n) is 3.64. The van der Waals surface area contributed by atoms with Gasteiger partial charge in [0.1, 0.15) is 0 Å². The summed E-state index contributed by atoms with van der Waals surface area (Å²) < 4.78 is 0. The molecule has 0 unspecified atom stereocenters. The minimum absolute atomic E-state index is 0.276. The zero-order valence-corrected chi connectivity index (χ0v) is 13.5. The van der Waals surface area contributed by atoms with E-state index in [1.165, 1.54) is 37.7 Å². The molecule has 0 aromatic heterocycles. The quantitative estimate of drug-likeness (QED) is 0.753. The van der Waals surface area contributed by atoms with Crippen molar-refractivity contribution in [3.63, 3.8) is 0 Å². The fraction of sp³-hybridized carbons (Fsp3) is 0.588. The summed E-state index contributed by atoms with van der Waals surface area (Å²) in [6, 6.07) is 8.40. The van der Waals surface area contributed by atoms with Crippen LogP contribution in [0.4, 0.5) is 5.69 Å². The zero-order chi connectivity index (χ0) is 14.0. The molecule has 3 rings (SSSR count). The van der Waals surface area contributed by atoms with E-state index in [1.807, 2.05) is 6.07 Å². The molecule has 2 nitrogen and oxygen atoms in total. The third-order valence-electron chi connectivity index (χ3n) is 4.88. The van der Waals surface area contributed by atoms with Crippen molar-refractivity contribution >= 4 is 27.5 Å². The Bertz CT molecular complexity index is 494. The summed E-state index contributed by atoms with van der Waals surface area (Å²) in [7, 11) is 0. The molecule has 0 atom stereocenters. The molecule has 1 aliphatic heterocycles. The Morgan fingerprint density at radius 3 is 2.60 bits per heavy atom. The number of fused-ring (bicyclic) bond motifs is 1. The number of para-hydroxylation sites is 1. The van der Waals surface area contributed by atoms with Gasteiger partial charge in [0.25, 0.3) is 0 Å². The molecule has 3 heteroatoms. The Kier molecular flexibility index (Phi) is 4.16. The fourth-order valence-corrected chi connectivity index (χ4v) is 4.38. The molecule has 1 aromatic carbocycles. The number of carbonyl (C=O) groups is 1. The van der Waals surface area contributed by atoms with E-state index >= 15 is 0 Å². The minimum Gasteiger partial charge on any atom is -0.312 e. The number of hydrogen-bond acceptors (Lipinski definition) is 1. The first-order chi connectivity index (χ1) is 9.74. The van der Waals surface area contributed by atoms with Crippen LogP contribution in [0, 0.1) is 5.41 Å². The summed E-state index contributed by atoms with van der Waals surface area (Å²) in [5.74, 6) is 0.301. The van der Waals surface area contributed by atoms with Crippen LogP contribution >= 0.6 is 15.9 Å². The molecule has 0 radical (unpaired) electrons. The van der Waals surface area contributed by atoms with E-state index in [-0.39, 0.29) is 5.41 Å². The van der Waals surface area contributed by atoms with Crippen LogP contribution in [-0.2, 0) is 11.2 Å². The Labute approximate surface area is 129 Å². The molecule has 0 saturated heterocycles. The van der Waals surface area contributed by atoms with Crippen molar-refractivity contribution in [3.05, 3.63) is 29.8 Å². The highest BCUT2D eigenvalue weighted by atomic mass is 79.9. The monoisotopic (exact) mass is 335 g/mol. The summed E-state index contributed by atoms with van der Waals surface area (Å²) >= 11 is 3.72. The van der Waals surface area contributed by atoms with Crippen LogP contribution in [0.3, 0.4) is 0 Å². The topological polar surface area (TPSA) is 20.3 Å². The van der Waals surface area contributed by atoms with Crippen LogP contribution in [0.5, 0.6) is 0 Å². The van der Waals surface area contributed by atoms with Gasteiger partial charge in [-0.05, 0) is 36.3 Å². The van der Waals surface area contributed by atoms with Gasteiger partial charge in [-0.2, -0.15) is 0 Å². The standard InChI is InChI=1S/C17H22BrNO/c18-12-17(10-4-1-5-11-17)13-19-15-7-3-2-6-14(15)8-9-16(19)20/h2-3,6-7H,1,4-5,8-13H2. The van der Waals surface area contributed by atoms with E-state index in [9.17, 15) is 4.79 Å². The number of amides is 1. The van der Waals surface area contributed by atoms with Gasteiger partial charge >= 0.3 is 0 Å². The van der Waals surface area contributed by atoms with Crippen molar-refractivity contribution in [1.29, 1.82) is 0 Å². The molecule has 20 heavy (non-hydrogen) atoms. The number of nitrogens with zero attached hydrogens (tertiary/aromatic N) is 1. The number of carbonyl (C=O) groups excluding carboxylic acids is 1. The Balaban J connectivity index is 1.87. The maximum atomic E-state index is 12.4. The van der Waals surface area contributed by atoms with Crippen molar-refractivity contribution in [3.8, 4) is 0 Å². The summed E-state index contributed by atoms with van der Waals surface area (Å²) in [5, 5.41) is 1.01. The van der Waals surface area contributed by atoms with Gasteiger partial charge in [-0.1, -0.05) is 53.4 Å². The average Bonchev–Trinajstić information content (AvgIpc) is 2.51. The Hall–Kier alpha value is -0.830. The molecule has 1 aliphatic carbocycles. The normalized spacial score (nSPS) is 21.6. The lowest BCUT2D eigenvalue weighted by molar-refractivity contribution is -0.119. The van der Waals surface area contributed by atoms with E-state index in [0.29, 0.717) is 12.3 Å². The molecule has 1 heterocycles. The predicted octanol–water partition coefficient (Wildman–Crippen LogP) is 4.31. The average molecular weight is 336 g/mol. The smallest absolute Gasteiger partial charge is 0.227 e. The molecule has 1 saturated carbocycles. The second-order valence-corrected chi connectivity index (χ2v) is 6.86. The number of aryl methyl sites for hydroxylation is 1. The first-order valence-electron chi connectivity index (χ1n) is 7.68. The van der Waals surface area contributed by atoms with E-state index in [1.54, 1.807) is 0 Å². The molecule has 1 fully saturated rings. The largest absolute Gasteiger partial charge is 0.312 e. The van der Waals surface area contributed by atoms with Crippen molar-refractivity contribution in [2.24, 2.45) is 5.41 Å². The van der Waals surface area contributed by atoms with Crippen molar-refractivity contribution in [2.75, 3.05) is 16.8 Å². The second kappa shape index (κ2) is 5.88. The Morgan fingerprint density at radius 2 is 1.85 bits per heavy atom. The Morgan fingerprint density at radius 1 is 1.10 bits per heavy atom. The van der Waals surface area contributed by atoms with Gasteiger partial charge in [-0.25, -0.2) is 0 Å². The maximum absolute atomic E-state index is 12.4. The number of benzene rings is 1. The van der Waals surface area contributed by atoms with Crippen molar-refractivity contribution < 1.29 is 4.79 Å². The van der Waals surface area contributed by atoms with Crippen LogP contribution in [-0.4, -0.2) is 17.8 Å². The highest BCUT2D eigenvalue weighted by Gasteiger charge is 2.36. The number of alkyl halides is 1. The van der Waals surface area contributed by atoms with Crippen LogP contribution in [0.1, 0.15) is 44.1 Å². The van der Waals surface area contributed by atoms with Gasteiger partial charge in [-0.3, -0.25) is 4.79 Å². The van der Waals surface area contributed by atoms with Gasteiger partial charge < -0.3 is 4.90 Å². The first-order valence-corrected chi connectivity index (χ1v) is 8.80. The number of anilines is 1. The molecular formula is C17H22BrNO. The molecular weight excluding hydrogens is 314 g/mol. The lowest BCUT2D eigenvalue weighted by Crippen LogP contribution is -2.45. The molecule has 2 aliphatic rings. The van der Waals surface area contributed by atoms with Crippen LogP contribution < -0.4 is 4.90 Å². The van der Waals surface area contributed by atoms with Gasteiger partial charge in [0.2, 0.25) is 5.91 Å². The number of rotatable bonds is 3. The van der Waals surface area contributed by atoms with Gasteiger partial charge in [0.05, 0.1) is 0 Å². The van der Waals surface area contributed by atoms with Crippen LogP contribution in [0.15, 0.2) is 24.3 Å². The molecule has 1 aromatic rings. The third-order valence-corrected chi connectivity index (χ3v) is 6.07. The van der Waals surface area contributed by atoms with Crippen LogP contribution in [0.2, 0.25) is 0 Å². The van der Waals surface area contributed by atoms with Gasteiger partial charge in [-0.15, -0.1) is 0 Å². The van der Waals surface area contributed by atoms with Crippen molar-refractivity contribution in [2.45, 2.75) is 44.9 Å². The summed E-state index contributed by atoms with van der Waals surface area (Å²) in [4.78, 5) is 14.5. The highest BCUT2D eigenvalue weighted by Crippen LogP contribution is 2.40. The second-order valence-electron chi connectivity index (χ2n) is 6.30. The van der Waals surface area contributed by atoms with E-state index in [0.717, 1.165) is 24.0 Å². The molecule has 0 bridgehead atoms. The molecule has 108 valence electrons. The third kappa shape index (κ3) is 2.65. The molecule has 0 N–H and O–H groups in total. The van der Waals surface area contributed by atoms with Gasteiger partial charge in [0.15, 0.2) is 0 Å². The van der Waals surface area contributed by atoms with Crippen molar-refractivity contribution in [1.82, 2.24) is 0 Å². The minimum atomic E-state index is 0.276. The predicted molar refractivity (Wildman–Crippen MR) is 86.4 cm³/mol. The lowest BCUT2D eigenvalue weighted by atomic mass is 9.75. The number of hydrogen-bond donors (Lipinski definition) is 0. The van der Waals surface area contributed by atoms with E-state index in [2.05, 4.69) is 39.0 Å². The molecule has 1 amide bonds. The van der Waals surface area contributed by atoms with E-state index < -0.39 is 0 Å². The van der Waals surface area contributed by atoms with Crippen LogP contribution in [0.25, 0.3) is 0 Å². The SMILES string of the molecule is O=C1CCc2ccccc2N1CC1(CBr)CCCCC1. The summed E-state index contributed by atoms with van der Waals surface area (Å²) in [5.41, 5.74) is 2.75. The molecule has 0 spiro atoms. The highest BCUT2D eigenvalue weighted by molar-refractivity contribution is 9.09. The lowest BCUT2D eigenvalue weighted by Gasteiger charge is -2.41. The first kappa shape index (κ1) is 14.1. The van der Waals surface area contributed by atoms with E-state index in [4.69, 9.17) is 0 Å². The number of halogens is 1. The summed E-state index contributed by atoms with van der Waals surface area (Å²) in [6.07, 6.45) is 7.99. The maximum Gasteiger partial charge on any atom is 0.227 e.